The highest BCUT2D eigenvalue weighted by atomic mass is 19.1. The molecular weight excluding hydrogens is 495 g/mol. The number of carbonyl (C=O) groups excluding carboxylic acids is 1. The summed E-state index contributed by atoms with van der Waals surface area (Å²) >= 11 is 0. The zero-order valence-corrected chi connectivity index (χ0v) is 21.0. The van der Waals surface area contributed by atoms with Crippen LogP contribution in [0, 0.1) is 11.9 Å². The minimum absolute atomic E-state index is 0.0583. The summed E-state index contributed by atoms with van der Waals surface area (Å²) in [6.45, 7) is 0.545. The van der Waals surface area contributed by atoms with Gasteiger partial charge in [0.15, 0.2) is 11.3 Å². The number of pyridine rings is 1. The molecule has 202 valence electrons. The summed E-state index contributed by atoms with van der Waals surface area (Å²) in [4.78, 5) is 32.3. The minimum atomic E-state index is -1.02. The summed E-state index contributed by atoms with van der Waals surface area (Å²) < 4.78 is 20.2. The number of hydrogen-bond donors (Lipinski definition) is 5. The third kappa shape index (κ3) is 6.10. The maximum Gasteiger partial charge on any atom is 0.404 e. The zero-order chi connectivity index (χ0) is 26.6. The molecule has 1 unspecified atom stereocenters. The summed E-state index contributed by atoms with van der Waals surface area (Å²) in [5.41, 5.74) is 1.75. The number of carboxylic acid groups (broad SMARTS) is 1. The number of hydrogen-bond acceptors (Lipinski definition) is 8. The Balaban J connectivity index is 1.38. The lowest BCUT2D eigenvalue weighted by molar-refractivity contribution is 0.102. The highest BCUT2D eigenvalue weighted by Crippen LogP contribution is 2.32. The summed E-state index contributed by atoms with van der Waals surface area (Å²) in [6, 6.07) is 4.80. The fourth-order valence-corrected chi connectivity index (χ4v) is 4.96. The van der Waals surface area contributed by atoms with Gasteiger partial charge in [0, 0.05) is 55.9 Å². The first kappa shape index (κ1) is 25.6. The largest absolute Gasteiger partial charge is 0.465 e. The molecule has 2 amide bonds. The molecular formula is C25H31FN8O4. The number of carbonyl (C=O) groups is 2. The quantitative estimate of drug-likeness (QED) is 0.250. The molecule has 0 bridgehead atoms. The van der Waals surface area contributed by atoms with Crippen LogP contribution >= 0.6 is 0 Å². The summed E-state index contributed by atoms with van der Waals surface area (Å²) in [6.07, 6.45) is 6.73. The minimum Gasteiger partial charge on any atom is -0.465 e. The number of amides is 2. The van der Waals surface area contributed by atoms with E-state index in [1.165, 1.54) is 23.0 Å². The molecule has 3 heterocycles. The Morgan fingerprint density at radius 3 is 2.71 bits per heavy atom. The molecule has 5 N–H and O–H groups in total. The maximum absolute atomic E-state index is 13.5. The van der Waals surface area contributed by atoms with Crippen LogP contribution in [0.5, 0.6) is 0 Å². The van der Waals surface area contributed by atoms with Crippen molar-refractivity contribution in [3.8, 4) is 0 Å². The Morgan fingerprint density at radius 2 is 1.97 bits per heavy atom. The van der Waals surface area contributed by atoms with Crippen molar-refractivity contribution in [2.75, 3.05) is 29.7 Å². The molecule has 38 heavy (non-hydrogen) atoms. The van der Waals surface area contributed by atoms with E-state index < -0.39 is 17.9 Å². The van der Waals surface area contributed by atoms with Gasteiger partial charge in [0.05, 0.1) is 11.9 Å². The molecule has 5 rings (SSSR count). The first-order valence-corrected chi connectivity index (χ1v) is 12.7. The lowest BCUT2D eigenvalue weighted by Crippen LogP contribution is -2.46. The monoisotopic (exact) mass is 526 g/mol. The average Bonchev–Trinajstić information content (AvgIpc) is 3.58. The van der Waals surface area contributed by atoms with Crippen LogP contribution in [0.2, 0.25) is 0 Å². The summed E-state index contributed by atoms with van der Waals surface area (Å²) in [5.74, 6) is -0.494. The fourth-order valence-electron chi connectivity index (χ4n) is 4.96. The first-order valence-electron chi connectivity index (χ1n) is 12.7. The SMILES string of the molecule is COCCC1C[C@H](Nc2cc(NC3CC3)c3ncc(C(=O)Nc4ccnc(F)c4)n3n2)CC[C@H]1NC(=O)O. The van der Waals surface area contributed by atoms with Crippen LogP contribution in [0.15, 0.2) is 30.6 Å². The predicted octanol–water partition coefficient (Wildman–Crippen LogP) is 3.34. The van der Waals surface area contributed by atoms with Crippen LogP contribution in [0.3, 0.4) is 0 Å². The maximum atomic E-state index is 13.5. The third-order valence-electron chi connectivity index (χ3n) is 6.96. The van der Waals surface area contributed by atoms with Crippen molar-refractivity contribution in [2.45, 2.75) is 56.7 Å². The first-order chi connectivity index (χ1) is 18.4. The Morgan fingerprint density at radius 1 is 1.16 bits per heavy atom. The van der Waals surface area contributed by atoms with Crippen LogP contribution in [0.1, 0.15) is 49.0 Å². The van der Waals surface area contributed by atoms with E-state index in [0.717, 1.165) is 43.9 Å². The molecule has 0 saturated heterocycles. The zero-order valence-electron chi connectivity index (χ0n) is 21.0. The van der Waals surface area contributed by atoms with Gasteiger partial charge in [-0.2, -0.15) is 4.39 Å². The van der Waals surface area contributed by atoms with E-state index in [0.29, 0.717) is 30.5 Å². The highest BCUT2D eigenvalue weighted by Gasteiger charge is 2.32. The number of halogens is 1. The molecule has 0 spiro atoms. The van der Waals surface area contributed by atoms with Crippen molar-refractivity contribution in [1.29, 1.82) is 0 Å². The number of nitrogens with one attached hydrogen (secondary N) is 4. The van der Waals surface area contributed by atoms with Gasteiger partial charge in [-0.05, 0) is 50.5 Å². The second kappa shape index (κ2) is 11.2. The number of nitrogens with zero attached hydrogens (tertiary/aromatic N) is 4. The van der Waals surface area contributed by atoms with E-state index in [1.807, 2.05) is 6.07 Å². The van der Waals surface area contributed by atoms with E-state index in [2.05, 4.69) is 36.3 Å². The Kier molecular flexibility index (Phi) is 7.54. The van der Waals surface area contributed by atoms with Crippen LogP contribution in [0.25, 0.3) is 5.65 Å². The molecule has 0 radical (unpaired) electrons. The molecule has 0 aromatic carbocycles. The van der Waals surface area contributed by atoms with Gasteiger partial charge in [0.1, 0.15) is 5.82 Å². The van der Waals surface area contributed by atoms with Crippen LogP contribution in [-0.2, 0) is 4.74 Å². The smallest absolute Gasteiger partial charge is 0.404 e. The molecule has 2 saturated carbocycles. The van der Waals surface area contributed by atoms with Crippen molar-refractivity contribution in [3.63, 3.8) is 0 Å². The second-order valence-corrected chi connectivity index (χ2v) is 9.81. The predicted molar refractivity (Wildman–Crippen MR) is 138 cm³/mol. The number of imidazole rings is 1. The molecule has 3 atom stereocenters. The van der Waals surface area contributed by atoms with E-state index in [-0.39, 0.29) is 29.4 Å². The van der Waals surface area contributed by atoms with E-state index in [4.69, 9.17) is 4.74 Å². The number of fused-ring (bicyclic) bond motifs is 1. The molecule has 3 aromatic heterocycles. The lowest BCUT2D eigenvalue weighted by atomic mass is 9.80. The molecule has 12 nitrogen and oxygen atoms in total. The summed E-state index contributed by atoms with van der Waals surface area (Å²) in [7, 11) is 1.63. The van der Waals surface area contributed by atoms with Gasteiger partial charge in [-0.1, -0.05) is 0 Å². The van der Waals surface area contributed by atoms with Crippen LogP contribution in [0.4, 0.5) is 26.4 Å². The molecule has 0 aliphatic heterocycles. The van der Waals surface area contributed by atoms with Crippen molar-refractivity contribution >= 4 is 34.8 Å². The number of anilines is 3. The average molecular weight is 527 g/mol. The molecule has 3 aromatic rings. The van der Waals surface area contributed by atoms with Gasteiger partial charge < -0.3 is 31.1 Å². The second-order valence-electron chi connectivity index (χ2n) is 9.81. The summed E-state index contributed by atoms with van der Waals surface area (Å²) in [5, 5.41) is 26.2. The van der Waals surface area contributed by atoms with Crippen molar-refractivity contribution in [2.24, 2.45) is 5.92 Å². The van der Waals surface area contributed by atoms with Gasteiger partial charge in [0.2, 0.25) is 5.95 Å². The molecule has 2 fully saturated rings. The van der Waals surface area contributed by atoms with Gasteiger partial charge in [-0.3, -0.25) is 4.79 Å². The number of methoxy groups -OCH3 is 1. The standard InChI is InChI=1S/C25H31FN8O4/c1-38-9-7-14-10-16(4-5-18(14)32-25(36)37)30-22-12-19(29-15-2-3-15)23-28-13-20(34(23)33-22)24(35)31-17-6-8-27-21(26)11-17/h6,8,11-16,18,29,32H,2-5,7,9-10H2,1H3,(H,30,33)(H,36,37)(H,27,31,35)/t14?,16-,18-/m1/s1. The van der Waals surface area contributed by atoms with Gasteiger partial charge in [-0.25, -0.2) is 19.3 Å². The van der Waals surface area contributed by atoms with Gasteiger partial charge >= 0.3 is 6.09 Å². The molecule has 2 aliphatic rings. The molecule has 2 aliphatic carbocycles. The Bertz CT molecular complexity index is 1310. The van der Waals surface area contributed by atoms with E-state index in [9.17, 15) is 19.1 Å². The van der Waals surface area contributed by atoms with Crippen molar-refractivity contribution in [3.05, 3.63) is 42.2 Å². The number of ether oxygens (including phenoxy) is 1. The van der Waals surface area contributed by atoms with Gasteiger partial charge in [-0.15, -0.1) is 5.10 Å². The van der Waals surface area contributed by atoms with Gasteiger partial charge in [0.25, 0.3) is 5.91 Å². The van der Waals surface area contributed by atoms with E-state index >= 15 is 0 Å². The number of aromatic nitrogens is 4. The van der Waals surface area contributed by atoms with Crippen LogP contribution in [-0.4, -0.2) is 68.5 Å². The topological polar surface area (TPSA) is 155 Å². The lowest BCUT2D eigenvalue weighted by Gasteiger charge is -2.36. The van der Waals surface area contributed by atoms with Crippen LogP contribution < -0.4 is 21.3 Å². The number of rotatable bonds is 10. The van der Waals surface area contributed by atoms with Crippen molar-refractivity contribution in [1.82, 2.24) is 24.9 Å². The normalized spacial score (nSPS) is 21.2. The Hall–Kier alpha value is -4.00. The van der Waals surface area contributed by atoms with E-state index in [1.54, 1.807) is 7.11 Å². The Labute approximate surface area is 218 Å². The molecule has 13 heteroatoms. The fraction of sp³-hybridized carbons (Fsp3) is 0.480. The van der Waals surface area contributed by atoms with Crippen molar-refractivity contribution < 1.29 is 23.8 Å². The third-order valence-corrected chi connectivity index (χ3v) is 6.96. The highest BCUT2D eigenvalue weighted by molar-refractivity contribution is 6.03.